The van der Waals surface area contributed by atoms with Crippen molar-refractivity contribution in [2.24, 2.45) is 11.7 Å². The summed E-state index contributed by atoms with van der Waals surface area (Å²) in [5.74, 6) is 0.731. The summed E-state index contributed by atoms with van der Waals surface area (Å²) in [5, 5.41) is 0. The molecule has 0 aliphatic carbocycles. The highest BCUT2D eigenvalue weighted by Crippen LogP contribution is 2.11. The maximum absolute atomic E-state index is 5.87. The minimum Gasteiger partial charge on any atom is -0.327 e. The van der Waals surface area contributed by atoms with E-state index in [1.165, 1.54) is 19.4 Å². The van der Waals surface area contributed by atoms with Crippen molar-refractivity contribution in [3.63, 3.8) is 0 Å². The molecule has 0 aromatic heterocycles. The van der Waals surface area contributed by atoms with E-state index in [0.29, 0.717) is 6.04 Å². The van der Waals surface area contributed by atoms with Crippen molar-refractivity contribution in [1.82, 2.24) is 4.90 Å². The van der Waals surface area contributed by atoms with E-state index in [1.54, 1.807) is 0 Å². The summed E-state index contributed by atoms with van der Waals surface area (Å²) in [6.07, 6.45) is 2.46. The second-order valence-corrected chi connectivity index (χ2v) is 4.80. The van der Waals surface area contributed by atoms with Crippen LogP contribution < -0.4 is 5.73 Å². The molecule has 2 nitrogen and oxygen atoms in total. The van der Waals surface area contributed by atoms with Crippen LogP contribution in [0.3, 0.4) is 0 Å². The molecule has 0 bridgehead atoms. The van der Waals surface area contributed by atoms with Gasteiger partial charge in [0.2, 0.25) is 0 Å². The third-order valence-electron chi connectivity index (χ3n) is 2.58. The molecule has 1 atom stereocenters. The van der Waals surface area contributed by atoms with Crippen molar-refractivity contribution in [2.45, 2.75) is 59.5 Å². The Balaban J connectivity index is 4.20. The first-order valence-electron chi connectivity index (χ1n) is 6.00. The normalized spacial score (nSPS) is 14.4. The predicted molar refractivity (Wildman–Crippen MR) is 64.4 cm³/mol. The Kier molecular flexibility index (Phi) is 7.20. The molecule has 0 aromatic carbocycles. The molecule has 2 N–H and O–H groups in total. The molecule has 0 aliphatic rings. The van der Waals surface area contributed by atoms with E-state index in [-0.39, 0.29) is 6.04 Å². The Morgan fingerprint density at radius 2 is 1.50 bits per heavy atom. The van der Waals surface area contributed by atoms with Crippen LogP contribution >= 0.6 is 0 Å². The van der Waals surface area contributed by atoms with Crippen molar-refractivity contribution in [3.8, 4) is 0 Å². The van der Waals surface area contributed by atoms with Crippen LogP contribution in [-0.2, 0) is 0 Å². The summed E-state index contributed by atoms with van der Waals surface area (Å²) in [6, 6.07) is 0.998. The summed E-state index contributed by atoms with van der Waals surface area (Å²) < 4.78 is 0. The minimum absolute atomic E-state index is 0.286. The molecule has 1 unspecified atom stereocenters. The zero-order valence-corrected chi connectivity index (χ0v) is 10.6. The smallest absolute Gasteiger partial charge is 0.0139 e. The molecule has 0 amide bonds. The molecule has 0 aromatic rings. The van der Waals surface area contributed by atoms with Crippen LogP contribution in [0.25, 0.3) is 0 Å². The quantitative estimate of drug-likeness (QED) is 0.684. The highest BCUT2D eigenvalue weighted by Gasteiger charge is 2.16. The third kappa shape index (κ3) is 5.61. The van der Waals surface area contributed by atoms with Gasteiger partial charge in [-0.3, -0.25) is 4.90 Å². The van der Waals surface area contributed by atoms with Crippen molar-refractivity contribution >= 4 is 0 Å². The summed E-state index contributed by atoms with van der Waals surface area (Å²) in [6.45, 7) is 13.4. The molecule has 0 rings (SSSR count). The third-order valence-corrected chi connectivity index (χ3v) is 2.58. The number of nitrogens with two attached hydrogens (primary N) is 1. The van der Waals surface area contributed by atoms with Gasteiger partial charge in [-0.1, -0.05) is 27.7 Å². The molecule has 0 spiro atoms. The van der Waals surface area contributed by atoms with Crippen LogP contribution in [0.4, 0.5) is 0 Å². The number of hydrogen-bond donors (Lipinski definition) is 1. The SMILES string of the molecule is CCC(CC)N(CC(C)C)CC(C)N. The lowest BCUT2D eigenvalue weighted by atomic mass is 10.1. The van der Waals surface area contributed by atoms with E-state index >= 15 is 0 Å². The van der Waals surface area contributed by atoms with Crippen molar-refractivity contribution in [3.05, 3.63) is 0 Å². The Hall–Kier alpha value is -0.0800. The average Bonchev–Trinajstić information content (AvgIpc) is 2.03. The van der Waals surface area contributed by atoms with Crippen molar-refractivity contribution in [1.29, 1.82) is 0 Å². The largest absolute Gasteiger partial charge is 0.327 e. The van der Waals surface area contributed by atoms with Gasteiger partial charge in [0.25, 0.3) is 0 Å². The van der Waals surface area contributed by atoms with E-state index in [1.807, 2.05) is 0 Å². The Bertz CT molecular complexity index is 118. The van der Waals surface area contributed by atoms with Crippen LogP contribution in [0.1, 0.15) is 47.5 Å². The van der Waals surface area contributed by atoms with E-state index < -0.39 is 0 Å². The fourth-order valence-corrected chi connectivity index (χ4v) is 2.02. The van der Waals surface area contributed by atoms with Gasteiger partial charge in [0.15, 0.2) is 0 Å². The van der Waals surface area contributed by atoms with Crippen molar-refractivity contribution in [2.75, 3.05) is 13.1 Å². The van der Waals surface area contributed by atoms with Crippen LogP contribution in [0.15, 0.2) is 0 Å². The summed E-state index contributed by atoms with van der Waals surface area (Å²) >= 11 is 0. The van der Waals surface area contributed by atoms with E-state index in [0.717, 1.165) is 12.5 Å². The fraction of sp³-hybridized carbons (Fsp3) is 1.00. The number of nitrogens with zero attached hydrogens (tertiary/aromatic N) is 1. The molecule has 0 radical (unpaired) electrons. The van der Waals surface area contributed by atoms with Gasteiger partial charge >= 0.3 is 0 Å². The molecule has 0 fully saturated rings. The predicted octanol–water partition coefficient (Wildman–Crippen LogP) is 2.48. The van der Waals surface area contributed by atoms with Gasteiger partial charge in [-0.05, 0) is 25.7 Å². The molecule has 2 heteroatoms. The molecule has 86 valence electrons. The van der Waals surface area contributed by atoms with Gasteiger partial charge in [-0.15, -0.1) is 0 Å². The number of rotatable bonds is 7. The molecule has 0 heterocycles. The lowest BCUT2D eigenvalue weighted by Crippen LogP contribution is -2.43. The highest BCUT2D eigenvalue weighted by atomic mass is 15.2. The molecular weight excluding hydrogens is 172 g/mol. The van der Waals surface area contributed by atoms with Gasteiger partial charge in [-0.25, -0.2) is 0 Å². The molecule has 0 saturated heterocycles. The molecular formula is C12H28N2. The van der Waals surface area contributed by atoms with Gasteiger partial charge < -0.3 is 5.73 Å². The number of hydrogen-bond acceptors (Lipinski definition) is 2. The Labute approximate surface area is 89.9 Å². The van der Waals surface area contributed by atoms with Crippen LogP contribution in [0.5, 0.6) is 0 Å². The lowest BCUT2D eigenvalue weighted by molar-refractivity contribution is 0.158. The monoisotopic (exact) mass is 200 g/mol. The first-order valence-corrected chi connectivity index (χ1v) is 6.00. The van der Waals surface area contributed by atoms with E-state index in [2.05, 4.69) is 39.5 Å². The summed E-state index contributed by atoms with van der Waals surface area (Å²) in [5.41, 5.74) is 5.87. The topological polar surface area (TPSA) is 29.3 Å². The Morgan fingerprint density at radius 1 is 1.00 bits per heavy atom. The second kappa shape index (κ2) is 7.24. The van der Waals surface area contributed by atoms with Gasteiger partial charge in [0, 0.05) is 25.2 Å². The zero-order chi connectivity index (χ0) is 11.1. The first-order chi connectivity index (χ1) is 6.51. The summed E-state index contributed by atoms with van der Waals surface area (Å²) in [7, 11) is 0. The molecule has 0 aliphatic heterocycles. The molecule has 0 saturated carbocycles. The minimum atomic E-state index is 0.286. The Morgan fingerprint density at radius 3 is 1.79 bits per heavy atom. The maximum atomic E-state index is 5.87. The standard InChI is InChI=1S/C12H28N2/c1-6-12(7-2)14(8-10(3)4)9-11(5)13/h10-12H,6-9,13H2,1-5H3. The second-order valence-electron chi connectivity index (χ2n) is 4.80. The maximum Gasteiger partial charge on any atom is 0.0139 e. The van der Waals surface area contributed by atoms with Crippen LogP contribution in [-0.4, -0.2) is 30.1 Å². The van der Waals surface area contributed by atoms with Gasteiger partial charge in [0.05, 0.1) is 0 Å². The highest BCUT2D eigenvalue weighted by molar-refractivity contribution is 4.73. The lowest BCUT2D eigenvalue weighted by Gasteiger charge is -2.33. The summed E-state index contributed by atoms with van der Waals surface area (Å²) in [4.78, 5) is 2.55. The molecule has 14 heavy (non-hydrogen) atoms. The average molecular weight is 200 g/mol. The fourth-order valence-electron chi connectivity index (χ4n) is 2.02. The van der Waals surface area contributed by atoms with E-state index in [4.69, 9.17) is 5.73 Å². The van der Waals surface area contributed by atoms with Crippen LogP contribution in [0, 0.1) is 5.92 Å². The first kappa shape index (κ1) is 13.9. The zero-order valence-electron chi connectivity index (χ0n) is 10.6. The van der Waals surface area contributed by atoms with Gasteiger partial charge in [0.1, 0.15) is 0 Å². The van der Waals surface area contributed by atoms with Crippen molar-refractivity contribution < 1.29 is 0 Å². The van der Waals surface area contributed by atoms with Crippen LogP contribution in [0.2, 0.25) is 0 Å². The van der Waals surface area contributed by atoms with Gasteiger partial charge in [-0.2, -0.15) is 0 Å². The van der Waals surface area contributed by atoms with E-state index in [9.17, 15) is 0 Å².